The van der Waals surface area contributed by atoms with Gasteiger partial charge in [0, 0.05) is 26.9 Å². The predicted molar refractivity (Wildman–Crippen MR) is 139 cm³/mol. The molecule has 1 N–H and O–H groups in total. The molecular weight excluding hydrogens is 513 g/mol. The van der Waals surface area contributed by atoms with Gasteiger partial charge in [0.15, 0.2) is 11.0 Å². The van der Waals surface area contributed by atoms with Crippen LogP contribution >= 0.6 is 46.6 Å². The first-order chi connectivity index (χ1) is 16.4. The summed E-state index contributed by atoms with van der Waals surface area (Å²) in [6.45, 7) is 2.02. The summed E-state index contributed by atoms with van der Waals surface area (Å²) in [4.78, 5) is 12.4. The quantitative estimate of drug-likeness (QED) is 0.169. The molecule has 4 rings (SSSR count). The Morgan fingerprint density at radius 3 is 2.41 bits per heavy atom. The van der Waals surface area contributed by atoms with Crippen molar-refractivity contribution in [1.29, 1.82) is 0 Å². The lowest BCUT2D eigenvalue weighted by Crippen LogP contribution is -2.20. The number of rotatable bonds is 7. The second-order valence-corrected chi connectivity index (χ2v) is 9.45. The molecule has 0 fully saturated rings. The summed E-state index contributed by atoms with van der Waals surface area (Å²) in [5.41, 5.74) is 6.03. The fourth-order valence-electron chi connectivity index (χ4n) is 3.02. The highest BCUT2D eigenvalue weighted by molar-refractivity contribution is 7.99. The molecule has 0 spiro atoms. The number of hydrogen-bond acceptors (Lipinski definition) is 5. The zero-order valence-corrected chi connectivity index (χ0v) is 21.0. The molecule has 6 nitrogen and oxygen atoms in total. The number of aryl methyl sites for hydroxylation is 1. The number of carbonyl (C=O) groups is 1. The number of nitrogens with one attached hydrogen (secondary N) is 1. The Hall–Kier alpha value is -2.84. The Morgan fingerprint density at radius 1 is 1.00 bits per heavy atom. The highest BCUT2D eigenvalue weighted by Crippen LogP contribution is 2.29. The van der Waals surface area contributed by atoms with Crippen molar-refractivity contribution in [2.75, 3.05) is 5.75 Å². The lowest BCUT2D eigenvalue weighted by molar-refractivity contribution is -0.118. The molecule has 0 aliphatic heterocycles. The molecular formula is C24H18Cl3N5OS. The Bertz CT molecular complexity index is 1340. The van der Waals surface area contributed by atoms with E-state index in [0.29, 0.717) is 31.6 Å². The number of aromatic nitrogens is 3. The van der Waals surface area contributed by atoms with Gasteiger partial charge in [0.25, 0.3) is 5.91 Å². The molecule has 0 aliphatic rings. The number of amides is 1. The maximum absolute atomic E-state index is 12.4. The van der Waals surface area contributed by atoms with Gasteiger partial charge in [-0.15, -0.1) is 10.2 Å². The first-order valence-corrected chi connectivity index (χ1v) is 12.2. The van der Waals surface area contributed by atoms with E-state index in [0.717, 1.165) is 16.8 Å². The fraction of sp³-hybridized carbons (Fsp3) is 0.0833. The largest absolute Gasteiger partial charge is 0.272 e. The van der Waals surface area contributed by atoms with Crippen LogP contribution in [0, 0.1) is 6.92 Å². The standard InChI is InChI=1S/C24H18Cl3N5OS/c1-15-2-10-20(11-3-15)32-23(16-4-7-18(25)8-5-16)30-31-24(32)34-14-22(33)29-28-13-17-6-9-19(26)12-21(17)27/h2-13H,14H2,1H3,(H,29,33)/b28-13-. The van der Waals surface area contributed by atoms with Gasteiger partial charge in [-0.1, -0.05) is 70.3 Å². The van der Waals surface area contributed by atoms with Crippen LogP contribution < -0.4 is 5.43 Å². The van der Waals surface area contributed by atoms with Gasteiger partial charge in [-0.25, -0.2) is 5.43 Å². The van der Waals surface area contributed by atoms with Crippen molar-refractivity contribution in [3.05, 3.63) is 92.9 Å². The highest BCUT2D eigenvalue weighted by Gasteiger charge is 2.17. The van der Waals surface area contributed by atoms with Crippen LogP contribution in [-0.2, 0) is 4.79 Å². The SMILES string of the molecule is Cc1ccc(-n2c(SCC(=O)N/N=C\c3ccc(Cl)cc3Cl)nnc2-c2ccc(Cl)cc2)cc1. The third kappa shape index (κ3) is 5.98. The van der Waals surface area contributed by atoms with Gasteiger partial charge < -0.3 is 0 Å². The number of hydrazone groups is 1. The van der Waals surface area contributed by atoms with Crippen molar-refractivity contribution in [2.45, 2.75) is 12.1 Å². The van der Waals surface area contributed by atoms with E-state index >= 15 is 0 Å². The van der Waals surface area contributed by atoms with Crippen molar-refractivity contribution in [2.24, 2.45) is 5.10 Å². The van der Waals surface area contributed by atoms with Crippen LogP contribution in [-0.4, -0.2) is 32.6 Å². The summed E-state index contributed by atoms with van der Waals surface area (Å²) in [5.74, 6) is 0.452. The van der Waals surface area contributed by atoms with Gasteiger partial charge >= 0.3 is 0 Å². The third-order valence-electron chi connectivity index (χ3n) is 4.72. The van der Waals surface area contributed by atoms with Gasteiger partial charge in [0.05, 0.1) is 17.0 Å². The average molecular weight is 531 g/mol. The predicted octanol–water partition coefficient (Wildman–Crippen LogP) is 6.45. The van der Waals surface area contributed by atoms with E-state index in [9.17, 15) is 4.79 Å². The van der Waals surface area contributed by atoms with Crippen molar-refractivity contribution in [1.82, 2.24) is 20.2 Å². The number of carbonyl (C=O) groups excluding carboxylic acids is 1. The summed E-state index contributed by atoms with van der Waals surface area (Å²) in [7, 11) is 0. The van der Waals surface area contributed by atoms with Crippen molar-refractivity contribution in [3.63, 3.8) is 0 Å². The van der Waals surface area contributed by atoms with Gasteiger partial charge in [-0.2, -0.15) is 5.10 Å². The second kappa shape index (κ2) is 11.1. The molecule has 0 aliphatic carbocycles. The van der Waals surface area contributed by atoms with Crippen LogP contribution in [0.1, 0.15) is 11.1 Å². The van der Waals surface area contributed by atoms with E-state index in [1.165, 1.54) is 18.0 Å². The molecule has 0 atom stereocenters. The van der Waals surface area contributed by atoms with Crippen molar-refractivity contribution in [3.8, 4) is 17.1 Å². The van der Waals surface area contributed by atoms with Gasteiger partial charge in [0.2, 0.25) is 0 Å². The Kier molecular flexibility index (Phi) is 7.90. The Labute approximate surface area is 215 Å². The molecule has 0 unspecified atom stereocenters. The number of thioether (sulfide) groups is 1. The molecule has 0 saturated carbocycles. The number of hydrogen-bond donors (Lipinski definition) is 1. The van der Waals surface area contributed by atoms with Crippen LogP contribution in [0.15, 0.2) is 77.0 Å². The summed E-state index contributed by atoms with van der Waals surface area (Å²) < 4.78 is 1.91. The topological polar surface area (TPSA) is 72.2 Å². The van der Waals surface area contributed by atoms with Crippen molar-refractivity contribution >= 4 is 58.7 Å². The van der Waals surface area contributed by atoms with Crippen LogP contribution in [0.25, 0.3) is 17.1 Å². The van der Waals surface area contributed by atoms with Crippen LogP contribution in [0.2, 0.25) is 15.1 Å². The molecule has 10 heteroatoms. The minimum Gasteiger partial charge on any atom is -0.272 e. The minimum absolute atomic E-state index is 0.0936. The third-order valence-corrected chi connectivity index (χ3v) is 6.46. The van der Waals surface area contributed by atoms with Gasteiger partial charge in [-0.3, -0.25) is 9.36 Å². The van der Waals surface area contributed by atoms with E-state index < -0.39 is 0 Å². The minimum atomic E-state index is -0.294. The number of benzene rings is 3. The zero-order chi connectivity index (χ0) is 24.1. The summed E-state index contributed by atoms with van der Waals surface area (Å²) in [6.07, 6.45) is 1.47. The van der Waals surface area contributed by atoms with Crippen molar-refractivity contribution < 1.29 is 4.79 Å². The molecule has 0 bridgehead atoms. The zero-order valence-electron chi connectivity index (χ0n) is 17.9. The van der Waals surface area contributed by atoms with Gasteiger partial charge in [0.1, 0.15) is 0 Å². The molecule has 0 radical (unpaired) electrons. The molecule has 1 aromatic heterocycles. The Morgan fingerprint density at radius 2 is 1.71 bits per heavy atom. The maximum atomic E-state index is 12.4. The van der Waals surface area contributed by atoms with E-state index in [4.69, 9.17) is 34.8 Å². The first kappa shape index (κ1) is 24.3. The molecule has 0 saturated heterocycles. The lowest BCUT2D eigenvalue weighted by atomic mass is 10.2. The van der Waals surface area contributed by atoms with E-state index in [-0.39, 0.29) is 11.7 Å². The van der Waals surface area contributed by atoms with Crippen LogP contribution in [0.5, 0.6) is 0 Å². The number of nitrogens with zero attached hydrogens (tertiary/aromatic N) is 4. The fourth-order valence-corrected chi connectivity index (χ4v) is 4.35. The summed E-state index contributed by atoms with van der Waals surface area (Å²) in [5, 5.41) is 14.9. The number of halogens is 3. The van der Waals surface area contributed by atoms with Gasteiger partial charge in [-0.05, 0) is 55.5 Å². The summed E-state index contributed by atoms with van der Waals surface area (Å²) >= 11 is 19.3. The molecule has 34 heavy (non-hydrogen) atoms. The second-order valence-electron chi connectivity index (χ2n) is 7.23. The smallest absolute Gasteiger partial charge is 0.250 e. The molecule has 4 aromatic rings. The summed E-state index contributed by atoms with van der Waals surface area (Å²) in [6, 6.07) is 20.4. The first-order valence-electron chi connectivity index (χ1n) is 10.1. The Balaban J connectivity index is 1.51. The van der Waals surface area contributed by atoms with E-state index in [2.05, 4.69) is 20.7 Å². The molecule has 1 amide bonds. The highest BCUT2D eigenvalue weighted by atomic mass is 35.5. The van der Waals surface area contributed by atoms with E-state index in [1.807, 2.05) is 47.9 Å². The van der Waals surface area contributed by atoms with Crippen LogP contribution in [0.3, 0.4) is 0 Å². The van der Waals surface area contributed by atoms with Crippen LogP contribution in [0.4, 0.5) is 0 Å². The maximum Gasteiger partial charge on any atom is 0.250 e. The lowest BCUT2D eigenvalue weighted by Gasteiger charge is -2.10. The molecule has 172 valence electrons. The van der Waals surface area contributed by atoms with E-state index in [1.54, 1.807) is 30.3 Å². The monoisotopic (exact) mass is 529 g/mol. The molecule has 3 aromatic carbocycles. The average Bonchev–Trinajstić information content (AvgIpc) is 3.24. The normalized spacial score (nSPS) is 11.2. The molecule has 1 heterocycles.